The Bertz CT molecular complexity index is 947. The third kappa shape index (κ3) is 7.87. The number of carbonyl (C=O) groups is 1. The zero-order valence-corrected chi connectivity index (χ0v) is 23.2. The second kappa shape index (κ2) is 12.2. The molecule has 5 nitrogen and oxygen atoms in total. The Kier molecular flexibility index (Phi) is 10.2. The zero-order valence-electron chi connectivity index (χ0n) is 20.8. The SMILES string of the molecule is C=C(C)C[C@](CCCN(C(=O)O)[C@@H](C)c1ccc(Br)cc1)(N[S+]([O-])C(C)(C)C)c1ccccc1. The van der Waals surface area contributed by atoms with Gasteiger partial charge < -0.3 is 14.6 Å². The number of hydrogen-bond acceptors (Lipinski definition) is 3. The average Bonchev–Trinajstić information content (AvgIpc) is 2.76. The molecule has 0 aromatic heterocycles. The fraction of sp³-hybridized carbons (Fsp3) is 0.444. The van der Waals surface area contributed by atoms with Crippen molar-refractivity contribution in [3.05, 3.63) is 82.3 Å². The molecule has 2 N–H and O–H groups in total. The Morgan fingerprint density at radius 1 is 1.18 bits per heavy atom. The normalized spacial score (nSPS) is 15.3. The molecule has 0 spiro atoms. The lowest BCUT2D eigenvalue weighted by Crippen LogP contribution is -2.52. The van der Waals surface area contributed by atoms with E-state index in [1.807, 2.05) is 89.2 Å². The summed E-state index contributed by atoms with van der Waals surface area (Å²) in [5.41, 5.74) is 2.32. The summed E-state index contributed by atoms with van der Waals surface area (Å²) in [6, 6.07) is 17.4. The molecule has 0 radical (unpaired) electrons. The molecule has 34 heavy (non-hydrogen) atoms. The summed E-state index contributed by atoms with van der Waals surface area (Å²) in [5.74, 6) is 0. The number of halogens is 1. The van der Waals surface area contributed by atoms with Crippen LogP contribution < -0.4 is 4.72 Å². The zero-order chi connectivity index (χ0) is 25.5. The van der Waals surface area contributed by atoms with Crippen molar-refractivity contribution in [1.29, 1.82) is 0 Å². The molecule has 2 rings (SSSR count). The second-order valence-corrected chi connectivity index (χ2v) is 12.8. The molecule has 7 heteroatoms. The Labute approximate surface area is 216 Å². The number of amides is 1. The summed E-state index contributed by atoms with van der Waals surface area (Å²) in [4.78, 5) is 13.6. The highest BCUT2D eigenvalue weighted by molar-refractivity contribution is 9.10. The van der Waals surface area contributed by atoms with E-state index in [0.717, 1.165) is 21.2 Å². The number of nitrogens with one attached hydrogen (secondary N) is 1. The van der Waals surface area contributed by atoms with Crippen molar-refractivity contribution in [2.24, 2.45) is 0 Å². The van der Waals surface area contributed by atoms with Crippen LogP contribution in [0.1, 0.15) is 71.0 Å². The van der Waals surface area contributed by atoms with Crippen LogP contribution in [0.4, 0.5) is 4.79 Å². The maximum absolute atomic E-state index is 13.2. The highest BCUT2D eigenvalue weighted by Crippen LogP contribution is 2.36. The van der Waals surface area contributed by atoms with Gasteiger partial charge in [-0.15, -0.1) is 11.3 Å². The van der Waals surface area contributed by atoms with Gasteiger partial charge in [-0.2, -0.15) is 0 Å². The van der Waals surface area contributed by atoms with Gasteiger partial charge in [0.05, 0.1) is 11.6 Å². The molecule has 1 unspecified atom stereocenters. The second-order valence-electron chi connectivity index (χ2n) is 9.87. The molecule has 0 saturated heterocycles. The van der Waals surface area contributed by atoms with Gasteiger partial charge in [-0.05, 0) is 77.1 Å². The van der Waals surface area contributed by atoms with Gasteiger partial charge in [-0.1, -0.05) is 64.0 Å². The molecule has 0 aliphatic rings. The first-order chi connectivity index (χ1) is 15.9. The Morgan fingerprint density at radius 2 is 1.76 bits per heavy atom. The van der Waals surface area contributed by atoms with Crippen LogP contribution in [0.2, 0.25) is 0 Å². The van der Waals surface area contributed by atoms with Gasteiger partial charge >= 0.3 is 6.09 Å². The van der Waals surface area contributed by atoms with Crippen molar-refractivity contribution in [1.82, 2.24) is 9.62 Å². The minimum absolute atomic E-state index is 0.283. The summed E-state index contributed by atoms with van der Waals surface area (Å²) in [5, 5.41) is 9.94. The van der Waals surface area contributed by atoms with Crippen LogP contribution in [0, 0.1) is 0 Å². The molecule has 2 aromatic carbocycles. The minimum Gasteiger partial charge on any atom is -0.598 e. The monoisotopic (exact) mass is 548 g/mol. The summed E-state index contributed by atoms with van der Waals surface area (Å²) >= 11 is 2.12. The molecule has 186 valence electrons. The molecule has 0 aliphatic heterocycles. The molecule has 0 aliphatic carbocycles. The highest BCUT2D eigenvalue weighted by atomic mass is 79.9. The molecule has 0 saturated carbocycles. The van der Waals surface area contributed by atoms with Gasteiger partial charge in [-0.25, -0.2) is 4.79 Å². The van der Waals surface area contributed by atoms with Crippen molar-refractivity contribution >= 4 is 33.4 Å². The Hall–Kier alpha value is -1.80. The lowest BCUT2D eigenvalue weighted by molar-refractivity contribution is 0.125. The van der Waals surface area contributed by atoms with Crippen LogP contribution in [0.25, 0.3) is 0 Å². The predicted molar refractivity (Wildman–Crippen MR) is 145 cm³/mol. The summed E-state index contributed by atoms with van der Waals surface area (Å²) in [6.07, 6.45) is 0.868. The van der Waals surface area contributed by atoms with E-state index >= 15 is 0 Å². The molecule has 1 amide bonds. The number of benzene rings is 2. The molecule has 3 atom stereocenters. The van der Waals surface area contributed by atoms with E-state index in [9.17, 15) is 14.5 Å². The molecular formula is C27H37BrN2O3S. The minimum atomic E-state index is -1.31. The quantitative estimate of drug-likeness (QED) is 0.230. The molecule has 0 fully saturated rings. The first-order valence-electron chi connectivity index (χ1n) is 11.5. The number of rotatable bonds is 11. The highest BCUT2D eigenvalue weighted by Gasteiger charge is 2.40. The van der Waals surface area contributed by atoms with E-state index < -0.39 is 27.7 Å². The van der Waals surface area contributed by atoms with Gasteiger partial charge in [0.1, 0.15) is 4.75 Å². The van der Waals surface area contributed by atoms with Crippen molar-refractivity contribution in [2.75, 3.05) is 6.54 Å². The van der Waals surface area contributed by atoms with Crippen LogP contribution in [-0.2, 0) is 16.9 Å². The Morgan fingerprint density at radius 3 is 2.26 bits per heavy atom. The van der Waals surface area contributed by atoms with Crippen LogP contribution >= 0.6 is 15.9 Å². The van der Waals surface area contributed by atoms with E-state index in [4.69, 9.17) is 0 Å². The smallest absolute Gasteiger partial charge is 0.407 e. The lowest BCUT2D eigenvalue weighted by Gasteiger charge is -2.39. The van der Waals surface area contributed by atoms with Crippen molar-refractivity contribution in [3.8, 4) is 0 Å². The topological polar surface area (TPSA) is 75.6 Å². The van der Waals surface area contributed by atoms with Crippen molar-refractivity contribution in [3.63, 3.8) is 0 Å². The Balaban J connectivity index is 2.31. The van der Waals surface area contributed by atoms with E-state index in [1.165, 1.54) is 4.90 Å². The lowest BCUT2D eigenvalue weighted by atomic mass is 9.81. The van der Waals surface area contributed by atoms with E-state index in [2.05, 4.69) is 27.2 Å². The van der Waals surface area contributed by atoms with E-state index in [1.54, 1.807) is 0 Å². The van der Waals surface area contributed by atoms with Crippen molar-refractivity contribution in [2.45, 2.75) is 70.2 Å². The number of carboxylic acid groups (broad SMARTS) is 1. The van der Waals surface area contributed by atoms with Crippen LogP contribution in [0.3, 0.4) is 0 Å². The van der Waals surface area contributed by atoms with Crippen LogP contribution in [0.15, 0.2) is 71.2 Å². The van der Waals surface area contributed by atoms with Crippen LogP contribution in [-0.4, -0.2) is 31.9 Å². The average molecular weight is 550 g/mol. The maximum atomic E-state index is 13.2. The third-order valence-corrected chi connectivity index (χ3v) is 8.06. The first kappa shape index (κ1) is 28.4. The fourth-order valence-corrected chi connectivity index (χ4v) is 5.23. The van der Waals surface area contributed by atoms with Gasteiger partial charge in [0, 0.05) is 22.4 Å². The number of nitrogens with zero attached hydrogens (tertiary/aromatic N) is 1. The van der Waals surface area contributed by atoms with Crippen molar-refractivity contribution < 1.29 is 14.5 Å². The molecule has 0 heterocycles. The largest absolute Gasteiger partial charge is 0.598 e. The van der Waals surface area contributed by atoms with Crippen LogP contribution in [0.5, 0.6) is 0 Å². The summed E-state index contributed by atoms with van der Waals surface area (Å²) in [6.45, 7) is 14.2. The standard InChI is InChI=1S/C27H37BrN2O3S/c1-20(2)19-27(23-11-8-7-9-12-23,29-34(33)26(4,5)6)17-10-18-30(25(31)32)21(3)22-13-15-24(28)16-14-22/h7-9,11-16,21,29H,1,10,17-19H2,2-6H3,(H,31,32)/t21-,27-,34?/m0/s1. The summed E-state index contributed by atoms with van der Waals surface area (Å²) < 4.78 is 17.2. The van der Waals surface area contributed by atoms with Gasteiger partial charge in [0.15, 0.2) is 0 Å². The third-order valence-electron chi connectivity index (χ3n) is 5.84. The predicted octanol–water partition coefficient (Wildman–Crippen LogP) is 7.18. The molecule has 2 aromatic rings. The summed E-state index contributed by atoms with van der Waals surface area (Å²) in [7, 11) is 0. The van der Waals surface area contributed by atoms with E-state index in [0.29, 0.717) is 25.8 Å². The van der Waals surface area contributed by atoms with E-state index in [-0.39, 0.29) is 6.04 Å². The van der Waals surface area contributed by atoms with Gasteiger partial charge in [0.2, 0.25) is 0 Å². The fourth-order valence-electron chi connectivity index (χ4n) is 4.01. The first-order valence-corrected chi connectivity index (χ1v) is 13.4. The molecular weight excluding hydrogens is 512 g/mol. The molecule has 0 bridgehead atoms. The number of hydrogen-bond donors (Lipinski definition) is 2. The van der Waals surface area contributed by atoms with Gasteiger partial charge in [-0.3, -0.25) is 0 Å². The maximum Gasteiger partial charge on any atom is 0.407 e. The van der Waals surface area contributed by atoms with Gasteiger partial charge in [0.25, 0.3) is 0 Å².